The molecule has 9 nitrogen and oxygen atoms in total. The van der Waals surface area contributed by atoms with Crippen LogP contribution in [0.3, 0.4) is 0 Å². The third-order valence-electron chi connectivity index (χ3n) is 8.99. The number of amides is 1. The highest BCUT2D eigenvalue weighted by atomic mass is 19.3. The quantitative estimate of drug-likeness (QED) is 0.140. The summed E-state index contributed by atoms with van der Waals surface area (Å²) in [6, 6.07) is 12.7. The zero-order valence-corrected chi connectivity index (χ0v) is 26.4. The first-order valence-electron chi connectivity index (χ1n) is 15.9. The van der Waals surface area contributed by atoms with Gasteiger partial charge in [-0.2, -0.15) is 13.9 Å². The molecule has 1 aliphatic carbocycles. The number of fused-ring (bicyclic) bond motifs is 3. The number of aromatic nitrogens is 7. The van der Waals surface area contributed by atoms with Crippen LogP contribution in [0.4, 0.5) is 26.3 Å². The molecule has 1 aromatic carbocycles. The Morgan fingerprint density at radius 3 is 2.18 bits per heavy atom. The van der Waals surface area contributed by atoms with Gasteiger partial charge in [-0.15, -0.1) is 0 Å². The third kappa shape index (κ3) is 6.08. The first-order valence-corrected chi connectivity index (χ1v) is 15.9. The summed E-state index contributed by atoms with van der Waals surface area (Å²) in [6.45, 7) is -0.838. The molecular formula is C36H26F6N8O. The van der Waals surface area contributed by atoms with E-state index in [0.717, 1.165) is 22.9 Å². The van der Waals surface area contributed by atoms with E-state index in [1.54, 1.807) is 36.9 Å². The number of nitrogens with one attached hydrogen (secondary N) is 3. The summed E-state index contributed by atoms with van der Waals surface area (Å²) in [5, 5.41) is 8.10. The monoisotopic (exact) mass is 700 g/mol. The standard InChI is InChI=1S/C36H26F6N8O/c37-24-9-19(10-25(38)14-24)11-29(48-30(51)18-50-32-27(17-47-50)35(39,40)5-6-36(32,41)42)31-26(22-12-20-3-7-43-33(20)45-15-22)1-2-28(49-31)23-13-21-4-8-44-34(21)46-16-23/h1-4,7-10,12-17,29H,5-6,11,18H2,(H,43,45)(H,44,46)(H,48,51)/t29-/m0/s1. The summed E-state index contributed by atoms with van der Waals surface area (Å²) in [4.78, 5) is 33.7. The van der Waals surface area contributed by atoms with E-state index in [2.05, 4.69) is 30.4 Å². The van der Waals surface area contributed by atoms with Crippen molar-refractivity contribution in [3.63, 3.8) is 0 Å². The van der Waals surface area contributed by atoms with Crippen molar-refractivity contribution in [1.29, 1.82) is 0 Å². The first-order chi connectivity index (χ1) is 24.4. The number of nitrogens with zero attached hydrogens (tertiary/aromatic N) is 5. The molecule has 0 saturated carbocycles. The van der Waals surface area contributed by atoms with Crippen molar-refractivity contribution in [2.24, 2.45) is 0 Å². The average Bonchev–Trinajstić information content (AvgIpc) is 3.86. The minimum Gasteiger partial charge on any atom is -0.346 e. The van der Waals surface area contributed by atoms with Gasteiger partial charge in [0.1, 0.15) is 35.2 Å². The molecule has 0 aliphatic heterocycles. The van der Waals surface area contributed by atoms with Crippen LogP contribution in [0.1, 0.15) is 41.4 Å². The maximum absolute atomic E-state index is 15.0. The van der Waals surface area contributed by atoms with Gasteiger partial charge >= 0.3 is 0 Å². The Labute approximate surface area is 284 Å². The highest BCUT2D eigenvalue weighted by Gasteiger charge is 2.52. The Kier molecular flexibility index (Phi) is 7.65. The Bertz CT molecular complexity index is 2430. The molecule has 0 unspecified atom stereocenters. The van der Waals surface area contributed by atoms with E-state index >= 15 is 0 Å². The molecule has 1 amide bonds. The van der Waals surface area contributed by atoms with Crippen LogP contribution in [0.25, 0.3) is 44.5 Å². The lowest BCUT2D eigenvalue weighted by molar-refractivity contribution is -0.123. The summed E-state index contributed by atoms with van der Waals surface area (Å²) < 4.78 is 88.5. The summed E-state index contributed by atoms with van der Waals surface area (Å²) >= 11 is 0. The molecule has 1 aliphatic rings. The molecule has 0 bridgehead atoms. The van der Waals surface area contributed by atoms with Crippen LogP contribution in [0, 0.1) is 11.6 Å². The molecule has 1 atom stereocenters. The fraction of sp³-hybridized carbons (Fsp3) is 0.194. The van der Waals surface area contributed by atoms with E-state index in [-0.39, 0.29) is 17.7 Å². The SMILES string of the molecule is O=C(Cn1ncc2c1C(F)(F)CCC2(F)F)N[C@@H](Cc1cc(F)cc(F)c1)c1nc(-c2cnc3[nH]ccc3c2)ccc1-c1cnc2[nH]ccc2c1. The lowest BCUT2D eigenvalue weighted by atomic mass is 9.91. The number of benzene rings is 1. The Morgan fingerprint density at radius 2 is 1.47 bits per heavy atom. The number of halogens is 6. The van der Waals surface area contributed by atoms with Crippen molar-refractivity contribution < 1.29 is 31.1 Å². The van der Waals surface area contributed by atoms with Crippen molar-refractivity contribution in [2.45, 2.75) is 43.7 Å². The largest absolute Gasteiger partial charge is 0.346 e. The summed E-state index contributed by atoms with van der Waals surface area (Å²) in [7, 11) is 0. The van der Waals surface area contributed by atoms with Gasteiger partial charge < -0.3 is 15.3 Å². The third-order valence-corrected chi connectivity index (χ3v) is 8.99. The maximum atomic E-state index is 15.0. The van der Waals surface area contributed by atoms with Crippen LogP contribution >= 0.6 is 0 Å². The molecule has 0 radical (unpaired) electrons. The van der Waals surface area contributed by atoms with Gasteiger partial charge in [-0.3, -0.25) is 9.48 Å². The number of H-pyrrole nitrogens is 2. The van der Waals surface area contributed by atoms with E-state index in [1.165, 1.54) is 0 Å². The van der Waals surface area contributed by atoms with Gasteiger partial charge in [0.2, 0.25) is 5.91 Å². The molecule has 6 aromatic heterocycles. The van der Waals surface area contributed by atoms with Crippen LogP contribution in [0.15, 0.2) is 85.6 Å². The van der Waals surface area contributed by atoms with Crippen molar-refractivity contribution in [3.8, 4) is 22.4 Å². The van der Waals surface area contributed by atoms with Crippen LogP contribution in [-0.2, 0) is 29.6 Å². The van der Waals surface area contributed by atoms with Gasteiger partial charge in [0.05, 0.1) is 29.2 Å². The normalized spacial score (nSPS) is 15.6. The van der Waals surface area contributed by atoms with Crippen molar-refractivity contribution in [1.82, 2.24) is 40.0 Å². The second-order valence-electron chi connectivity index (χ2n) is 12.5. The average molecular weight is 701 g/mol. The number of rotatable bonds is 8. The second-order valence-corrected chi connectivity index (χ2v) is 12.5. The highest BCUT2D eigenvalue weighted by molar-refractivity contribution is 5.84. The number of pyridine rings is 3. The lowest BCUT2D eigenvalue weighted by Crippen LogP contribution is -2.37. The topological polar surface area (TPSA) is 117 Å². The van der Waals surface area contributed by atoms with E-state index in [1.807, 2.05) is 24.3 Å². The molecule has 6 heterocycles. The fourth-order valence-corrected chi connectivity index (χ4v) is 6.59. The number of carbonyl (C=O) groups is 1. The number of alkyl halides is 4. The van der Waals surface area contributed by atoms with E-state index in [4.69, 9.17) is 4.98 Å². The van der Waals surface area contributed by atoms with Gasteiger partial charge in [-0.25, -0.2) is 32.5 Å². The van der Waals surface area contributed by atoms with Crippen LogP contribution in [0.5, 0.6) is 0 Å². The summed E-state index contributed by atoms with van der Waals surface area (Å²) in [5.74, 6) is -9.76. The van der Waals surface area contributed by atoms with Gasteiger partial charge in [0.25, 0.3) is 11.8 Å². The highest BCUT2D eigenvalue weighted by Crippen LogP contribution is 2.49. The number of hydrogen-bond acceptors (Lipinski definition) is 5. The molecule has 0 fully saturated rings. The molecule has 0 spiro atoms. The number of hydrogen-bond donors (Lipinski definition) is 3. The predicted octanol–water partition coefficient (Wildman–Crippen LogP) is 7.72. The zero-order chi connectivity index (χ0) is 35.5. The number of carbonyl (C=O) groups excluding carboxylic acids is 1. The van der Waals surface area contributed by atoms with E-state index < -0.39 is 66.1 Å². The molecule has 7 aromatic rings. The van der Waals surface area contributed by atoms with Gasteiger partial charge in [0.15, 0.2) is 0 Å². The van der Waals surface area contributed by atoms with Crippen molar-refractivity contribution in [3.05, 3.63) is 120 Å². The van der Waals surface area contributed by atoms with Crippen LogP contribution in [0.2, 0.25) is 0 Å². The molecule has 0 saturated heterocycles. The van der Waals surface area contributed by atoms with Crippen LogP contribution in [-0.4, -0.2) is 40.6 Å². The van der Waals surface area contributed by atoms with E-state index in [0.29, 0.717) is 50.6 Å². The molecular weight excluding hydrogens is 674 g/mol. The summed E-state index contributed by atoms with van der Waals surface area (Å²) in [6.07, 6.45) is 4.98. The number of aromatic amines is 2. The van der Waals surface area contributed by atoms with E-state index in [9.17, 15) is 31.1 Å². The zero-order valence-electron chi connectivity index (χ0n) is 26.4. The van der Waals surface area contributed by atoms with Crippen LogP contribution < -0.4 is 5.32 Å². The first kappa shape index (κ1) is 32.2. The second kappa shape index (κ2) is 12.1. The molecule has 15 heteroatoms. The fourth-order valence-electron chi connectivity index (χ4n) is 6.59. The Morgan fingerprint density at radius 1 is 0.824 bits per heavy atom. The Hall–Kier alpha value is -5.99. The van der Waals surface area contributed by atoms with Crippen molar-refractivity contribution >= 4 is 28.0 Å². The maximum Gasteiger partial charge on any atom is 0.290 e. The summed E-state index contributed by atoms with van der Waals surface area (Å²) in [5.41, 5.74) is 1.93. The lowest BCUT2D eigenvalue weighted by Gasteiger charge is -2.29. The molecule has 258 valence electrons. The minimum atomic E-state index is -3.65. The van der Waals surface area contributed by atoms with Gasteiger partial charge in [-0.05, 0) is 54.4 Å². The predicted molar refractivity (Wildman–Crippen MR) is 175 cm³/mol. The molecule has 8 rings (SSSR count). The van der Waals surface area contributed by atoms with Gasteiger partial charge in [0, 0.05) is 71.2 Å². The molecule has 51 heavy (non-hydrogen) atoms. The molecule has 3 N–H and O–H groups in total. The Balaban J connectivity index is 1.24. The van der Waals surface area contributed by atoms with Crippen molar-refractivity contribution in [2.75, 3.05) is 0 Å². The van der Waals surface area contributed by atoms with Gasteiger partial charge in [-0.1, -0.05) is 6.07 Å². The smallest absolute Gasteiger partial charge is 0.290 e. The minimum absolute atomic E-state index is 0.160.